The maximum Gasteiger partial charge on any atom is 0.235 e. The molecule has 3 nitrogen and oxygen atoms in total. The third-order valence-corrected chi connectivity index (χ3v) is 5.03. The van der Waals surface area contributed by atoms with Gasteiger partial charge < -0.3 is 10.0 Å². The minimum atomic E-state index is -0.358. The summed E-state index contributed by atoms with van der Waals surface area (Å²) in [6.07, 6.45) is 2.63. The fourth-order valence-corrected chi connectivity index (χ4v) is 3.31. The first-order valence-corrected chi connectivity index (χ1v) is 8.14. The number of nitrogens with zero attached hydrogens (tertiary/aromatic N) is 1. The van der Waals surface area contributed by atoms with Gasteiger partial charge in [-0.3, -0.25) is 4.79 Å². The molecule has 2 rings (SSSR count). The first-order valence-electron chi connectivity index (χ1n) is 7.26. The van der Waals surface area contributed by atoms with Crippen molar-refractivity contribution in [3.8, 4) is 0 Å². The van der Waals surface area contributed by atoms with Gasteiger partial charge in [-0.1, -0.05) is 25.1 Å². The minimum Gasteiger partial charge on any atom is -0.391 e. The number of hydrogen-bond acceptors (Lipinski definition) is 3. The number of rotatable bonds is 7. The van der Waals surface area contributed by atoms with Crippen molar-refractivity contribution in [1.29, 1.82) is 0 Å². The average molecular weight is 293 g/mol. The van der Waals surface area contributed by atoms with E-state index in [2.05, 4.69) is 0 Å². The van der Waals surface area contributed by atoms with E-state index in [0.717, 1.165) is 24.2 Å². The summed E-state index contributed by atoms with van der Waals surface area (Å²) in [6, 6.07) is 10.0. The third kappa shape index (κ3) is 4.25. The lowest BCUT2D eigenvalue weighted by Gasteiger charge is -2.25. The van der Waals surface area contributed by atoms with Crippen molar-refractivity contribution in [2.45, 2.75) is 42.4 Å². The van der Waals surface area contributed by atoms with Crippen molar-refractivity contribution >= 4 is 17.7 Å². The third-order valence-electron chi connectivity index (χ3n) is 3.67. The molecule has 0 aliphatic heterocycles. The Morgan fingerprint density at radius 2 is 2.05 bits per heavy atom. The van der Waals surface area contributed by atoms with Gasteiger partial charge >= 0.3 is 0 Å². The van der Waals surface area contributed by atoms with E-state index in [-0.39, 0.29) is 17.3 Å². The molecule has 0 spiro atoms. The van der Waals surface area contributed by atoms with Crippen LogP contribution in [0.2, 0.25) is 0 Å². The molecule has 1 aliphatic rings. The lowest BCUT2D eigenvalue weighted by Crippen LogP contribution is -2.39. The van der Waals surface area contributed by atoms with Crippen LogP contribution in [0.1, 0.15) is 26.2 Å². The number of carbonyl (C=O) groups excluding carboxylic acids is 1. The van der Waals surface area contributed by atoms with Crippen LogP contribution in [0.3, 0.4) is 0 Å². The molecular weight excluding hydrogens is 270 g/mol. The number of thioether (sulfide) groups is 1. The van der Waals surface area contributed by atoms with Crippen molar-refractivity contribution in [3.63, 3.8) is 0 Å². The Morgan fingerprint density at radius 3 is 2.60 bits per heavy atom. The molecule has 1 fully saturated rings. The predicted molar refractivity (Wildman–Crippen MR) is 82.7 cm³/mol. The van der Waals surface area contributed by atoms with Crippen LogP contribution in [0.15, 0.2) is 35.2 Å². The zero-order valence-electron chi connectivity index (χ0n) is 12.2. The zero-order valence-corrected chi connectivity index (χ0v) is 13.0. The van der Waals surface area contributed by atoms with Crippen LogP contribution in [0.25, 0.3) is 0 Å². The van der Waals surface area contributed by atoms with Crippen LogP contribution in [0, 0.1) is 5.92 Å². The van der Waals surface area contributed by atoms with Crippen LogP contribution >= 0.6 is 11.8 Å². The highest BCUT2D eigenvalue weighted by molar-refractivity contribution is 8.00. The number of aliphatic hydroxyl groups is 1. The van der Waals surface area contributed by atoms with Gasteiger partial charge in [0.15, 0.2) is 0 Å². The average Bonchev–Trinajstić information content (AvgIpc) is 3.29. The van der Waals surface area contributed by atoms with Gasteiger partial charge in [0.05, 0.1) is 11.4 Å². The topological polar surface area (TPSA) is 40.5 Å². The van der Waals surface area contributed by atoms with Gasteiger partial charge in [0.2, 0.25) is 5.91 Å². The molecule has 0 radical (unpaired) electrons. The standard InChI is InChI=1S/C16H23NO2S/c1-3-15(20-13-7-5-4-6-8-13)16(19)17(2)11-14(18)12-9-10-12/h4-8,12,14-15,18H,3,9-11H2,1-2H3. The molecule has 1 N–H and O–H groups in total. The molecule has 0 heterocycles. The monoisotopic (exact) mass is 293 g/mol. The number of hydrogen-bond donors (Lipinski definition) is 1. The Morgan fingerprint density at radius 1 is 1.40 bits per heavy atom. The summed E-state index contributed by atoms with van der Waals surface area (Å²) in [7, 11) is 1.79. The molecule has 0 saturated heterocycles. The number of benzene rings is 1. The normalized spacial score (nSPS) is 17.6. The molecule has 2 atom stereocenters. The van der Waals surface area contributed by atoms with Crippen LogP contribution in [-0.2, 0) is 4.79 Å². The first kappa shape index (κ1) is 15.4. The van der Waals surface area contributed by atoms with Gasteiger partial charge in [0, 0.05) is 18.5 Å². The summed E-state index contributed by atoms with van der Waals surface area (Å²) in [5.41, 5.74) is 0. The smallest absolute Gasteiger partial charge is 0.235 e. The second-order valence-corrected chi connectivity index (χ2v) is 6.73. The molecule has 0 bridgehead atoms. The highest BCUT2D eigenvalue weighted by atomic mass is 32.2. The van der Waals surface area contributed by atoms with Gasteiger partial charge in [0.1, 0.15) is 0 Å². The SMILES string of the molecule is CCC(Sc1ccccc1)C(=O)N(C)CC(O)C1CC1. The summed E-state index contributed by atoms with van der Waals surface area (Å²) >= 11 is 1.60. The molecule has 1 aromatic carbocycles. The van der Waals surface area contributed by atoms with Crippen molar-refractivity contribution in [2.75, 3.05) is 13.6 Å². The summed E-state index contributed by atoms with van der Waals surface area (Å²) in [4.78, 5) is 15.3. The summed E-state index contributed by atoms with van der Waals surface area (Å²) < 4.78 is 0. The van der Waals surface area contributed by atoms with Gasteiger partial charge in [-0.25, -0.2) is 0 Å². The Balaban J connectivity index is 1.90. The van der Waals surface area contributed by atoms with Crippen LogP contribution in [0.5, 0.6) is 0 Å². The number of likely N-dealkylation sites (N-methyl/N-ethyl adjacent to an activating group) is 1. The molecule has 1 saturated carbocycles. The van der Waals surface area contributed by atoms with Crippen LogP contribution in [-0.4, -0.2) is 40.9 Å². The fraction of sp³-hybridized carbons (Fsp3) is 0.562. The molecule has 1 aromatic rings. The number of aliphatic hydroxyl groups excluding tert-OH is 1. The largest absolute Gasteiger partial charge is 0.391 e. The van der Waals surface area contributed by atoms with E-state index in [1.54, 1.807) is 23.7 Å². The van der Waals surface area contributed by atoms with Crippen molar-refractivity contribution < 1.29 is 9.90 Å². The van der Waals surface area contributed by atoms with E-state index < -0.39 is 0 Å². The highest BCUT2D eigenvalue weighted by Gasteiger charge is 2.32. The Labute approximate surface area is 125 Å². The number of amides is 1. The van der Waals surface area contributed by atoms with Gasteiger partial charge in [-0.2, -0.15) is 0 Å². The molecule has 2 unspecified atom stereocenters. The molecule has 1 amide bonds. The molecular formula is C16H23NO2S. The lowest BCUT2D eigenvalue weighted by atomic mass is 10.2. The van der Waals surface area contributed by atoms with Crippen molar-refractivity contribution in [2.24, 2.45) is 5.92 Å². The quantitative estimate of drug-likeness (QED) is 0.786. The van der Waals surface area contributed by atoms with Crippen LogP contribution < -0.4 is 0 Å². The Hall–Kier alpha value is -1.00. The minimum absolute atomic E-state index is 0.0752. The molecule has 110 valence electrons. The molecule has 0 aromatic heterocycles. The highest BCUT2D eigenvalue weighted by Crippen LogP contribution is 2.33. The van der Waals surface area contributed by atoms with E-state index in [9.17, 15) is 9.90 Å². The van der Waals surface area contributed by atoms with E-state index in [1.165, 1.54) is 0 Å². The number of carbonyl (C=O) groups is 1. The van der Waals surface area contributed by atoms with Crippen molar-refractivity contribution in [1.82, 2.24) is 4.90 Å². The molecule has 20 heavy (non-hydrogen) atoms. The fourth-order valence-electron chi connectivity index (χ4n) is 2.22. The Bertz CT molecular complexity index is 433. The van der Waals surface area contributed by atoms with Crippen LogP contribution in [0.4, 0.5) is 0 Å². The van der Waals surface area contributed by atoms with Gasteiger partial charge in [-0.05, 0) is 37.3 Å². The lowest BCUT2D eigenvalue weighted by molar-refractivity contribution is -0.130. The van der Waals surface area contributed by atoms with E-state index in [4.69, 9.17) is 0 Å². The predicted octanol–water partition coefficient (Wildman–Crippen LogP) is 2.79. The second-order valence-electron chi connectivity index (χ2n) is 5.45. The van der Waals surface area contributed by atoms with E-state index in [0.29, 0.717) is 12.5 Å². The Kier molecular flexibility index (Phi) is 5.49. The molecule has 1 aliphatic carbocycles. The van der Waals surface area contributed by atoms with Gasteiger partial charge in [-0.15, -0.1) is 11.8 Å². The second kappa shape index (κ2) is 7.14. The van der Waals surface area contributed by atoms with E-state index in [1.807, 2.05) is 37.3 Å². The summed E-state index contributed by atoms with van der Waals surface area (Å²) in [6.45, 7) is 2.49. The maximum atomic E-state index is 12.5. The van der Waals surface area contributed by atoms with E-state index >= 15 is 0 Å². The summed E-state index contributed by atoms with van der Waals surface area (Å²) in [5, 5.41) is 9.88. The van der Waals surface area contributed by atoms with Crippen molar-refractivity contribution in [3.05, 3.63) is 30.3 Å². The van der Waals surface area contributed by atoms with Gasteiger partial charge in [0.25, 0.3) is 0 Å². The summed E-state index contributed by atoms with van der Waals surface area (Å²) in [5.74, 6) is 0.521. The zero-order chi connectivity index (χ0) is 14.5. The first-order chi connectivity index (χ1) is 9.61. The molecule has 4 heteroatoms. The maximum absolute atomic E-state index is 12.5.